The number of carbonyl (C=O) groups is 1. The van der Waals surface area contributed by atoms with Crippen LogP contribution in [0.25, 0.3) is 0 Å². The van der Waals surface area contributed by atoms with E-state index in [0.29, 0.717) is 5.16 Å². The van der Waals surface area contributed by atoms with E-state index in [2.05, 4.69) is 10.1 Å². The van der Waals surface area contributed by atoms with E-state index in [1.54, 1.807) is 6.20 Å². The van der Waals surface area contributed by atoms with Crippen LogP contribution in [0.4, 0.5) is 0 Å². The first-order valence-electron chi connectivity index (χ1n) is 5.81. The third-order valence-corrected chi connectivity index (χ3v) is 3.85. The lowest BCUT2D eigenvalue weighted by Crippen LogP contribution is -2.10. The first-order chi connectivity index (χ1) is 9.00. The average molecular weight is 281 g/mol. The highest BCUT2D eigenvalue weighted by Crippen LogP contribution is 2.28. The van der Waals surface area contributed by atoms with E-state index in [4.69, 9.17) is 9.63 Å². The molecule has 0 radical (unpaired) electrons. The number of carboxylic acid groups (broad SMARTS) is 1. The molecule has 0 aliphatic heterocycles. The van der Waals surface area contributed by atoms with Crippen LogP contribution in [0.15, 0.2) is 22.1 Å². The highest BCUT2D eigenvalue weighted by atomic mass is 32.2. The maximum absolute atomic E-state index is 10.6. The third-order valence-electron chi connectivity index (χ3n) is 2.88. The second-order valence-electron chi connectivity index (χ2n) is 4.21. The van der Waals surface area contributed by atoms with Crippen LogP contribution in [0.1, 0.15) is 30.0 Å². The Morgan fingerprint density at radius 1 is 1.58 bits per heavy atom. The van der Waals surface area contributed by atoms with Gasteiger partial charge in [-0.2, -0.15) is 0 Å². The lowest BCUT2D eigenvalue weighted by Gasteiger charge is -2.15. The molecule has 7 heteroatoms. The minimum absolute atomic E-state index is 0.00467. The summed E-state index contributed by atoms with van der Waals surface area (Å²) < 4.78 is 7.10. The number of thioether (sulfide) groups is 1. The van der Waals surface area contributed by atoms with Gasteiger partial charge in [-0.05, 0) is 20.8 Å². The first-order valence-corrected chi connectivity index (χ1v) is 6.79. The van der Waals surface area contributed by atoms with Gasteiger partial charge < -0.3 is 14.2 Å². The van der Waals surface area contributed by atoms with Gasteiger partial charge in [0, 0.05) is 18.0 Å². The van der Waals surface area contributed by atoms with Gasteiger partial charge in [0.15, 0.2) is 5.16 Å². The van der Waals surface area contributed by atoms with Gasteiger partial charge in [-0.25, -0.2) is 4.98 Å². The van der Waals surface area contributed by atoms with Crippen LogP contribution in [0.3, 0.4) is 0 Å². The summed E-state index contributed by atoms with van der Waals surface area (Å²) >= 11 is 1.20. The third kappa shape index (κ3) is 2.81. The maximum atomic E-state index is 10.6. The van der Waals surface area contributed by atoms with E-state index in [1.807, 2.05) is 31.5 Å². The molecule has 0 aliphatic rings. The molecular weight excluding hydrogens is 266 g/mol. The standard InChI is InChI=1S/C12H15N3O3S/c1-7-11(9(3)18-14-7)8(2)15-5-4-13-12(15)19-6-10(16)17/h4-5,8H,6H2,1-3H3,(H,16,17). The van der Waals surface area contributed by atoms with E-state index in [0.717, 1.165) is 17.0 Å². The zero-order chi connectivity index (χ0) is 14.0. The van der Waals surface area contributed by atoms with Crippen molar-refractivity contribution in [1.82, 2.24) is 14.7 Å². The molecule has 102 valence electrons. The molecule has 0 amide bonds. The molecular formula is C12H15N3O3S. The predicted octanol–water partition coefficient (Wildman–Crippen LogP) is 2.27. The molecule has 19 heavy (non-hydrogen) atoms. The van der Waals surface area contributed by atoms with Crippen molar-refractivity contribution in [2.75, 3.05) is 5.75 Å². The predicted molar refractivity (Wildman–Crippen MR) is 70.4 cm³/mol. The Morgan fingerprint density at radius 2 is 2.32 bits per heavy atom. The topological polar surface area (TPSA) is 81.2 Å². The molecule has 0 saturated heterocycles. The zero-order valence-electron chi connectivity index (χ0n) is 11.0. The van der Waals surface area contributed by atoms with Gasteiger partial charge in [0.1, 0.15) is 5.76 Å². The summed E-state index contributed by atoms with van der Waals surface area (Å²) in [5.74, 6) is -0.0943. The molecule has 0 bridgehead atoms. The number of hydrogen-bond acceptors (Lipinski definition) is 5. The Bertz CT molecular complexity index is 571. The fraction of sp³-hybridized carbons (Fsp3) is 0.417. The van der Waals surface area contributed by atoms with Crippen molar-refractivity contribution in [2.45, 2.75) is 32.0 Å². The largest absolute Gasteiger partial charge is 0.481 e. The van der Waals surface area contributed by atoms with Crippen LogP contribution in [0.2, 0.25) is 0 Å². The summed E-state index contributed by atoms with van der Waals surface area (Å²) in [5, 5.41) is 13.3. The summed E-state index contributed by atoms with van der Waals surface area (Å²) in [6.07, 6.45) is 3.50. The van der Waals surface area contributed by atoms with Crippen LogP contribution in [0, 0.1) is 13.8 Å². The van der Waals surface area contributed by atoms with E-state index < -0.39 is 5.97 Å². The number of imidazole rings is 1. The lowest BCUT2D eigenvalue weighted by atomic mass is 10.1. The van der Waals surface area contributed by atoms with Gasteiger partial charge in [0.05, 0.1) is 17.5 Å². The highest BCUT2D eigenvalue weighted by Gasteiger charge is 2.20. The molecule has 0 aromatic carbocycles. The summed E-state index contributed by atoms with van der Waals surface area (Å²) in [6, 6.07) is 0.00467. The molecule has 0 spiro atoms. The molecule has 2 heterocycles. The molecule has 2 rings (SSSR count). The van der Waals surface area contributed by atoms with E-state index in [-0.39, 0.29) is 11.8 Å². The second-order valence-corrected chi connectivity index (χ2v) is 5.16. The SMILES string of the molecule is Cc1noc(C)c1C(C)n1ccnc1SCC(=O)O. The summed E-state index contributed by atoms with van der Waals surface area (Å²) in [7, 11) is 0. The molecule has 2 aromatic heterocycles. The molecule has 0 fully saturated rings. The molecule has 1 unspecified atom stereocenters. The minimum atomic E-state index is -0.857. The lowest BCUT2D eigenvalue weighted by molar-refractivity contribution is -0.133. The van der Waals surface area contributed by atoms with Crippen molar-refractivity contribution >= 4 is 17.7 Å². The van der Waals surface area contributed by atoms with Crippen LogP contribution in [-0.4, -0.2) is 31.5 Å². The maximum Gasteiger partial charge on any atom is 0.313 e. The van der Waals surface area contributed by atoms with Gasteiger partial charge in [0.2, 0.25) is 0 Å². The van der Waals surface area contributed by atoms with E-state index in [9.17, 15) is 4.79 Å². The smallest absolute Gasteiger partial charge is 0.313 e. The first kappa shape index (κ1) is 13.7. The van der Waals surface area contributed by atoms with Crippen molar-refractivity contribution in [2.24, 2.45) is 0 Å². The Labute approximate surface area is 114 Å². The fourth-order valence-electron chi connectivity index (χ4n) is 2.06. The Kier molecular flexibility index (Phi) is 3.94. The van der Waals surface area contributed by atoms with Gasteiger partial charge >= 0.3 is 5.97 Å². The molecule has 1 N–H and O–H groups in total. The van der Waals surface area contributed by atoms with Crippen molar-refractivity contribution in [3.63, 3.8) is 0 Å². The van der Waals surface area contributed by atoms with E-state index >= 15 is 0 Å². The molecule has 0 saturated carbocycles. The van der Waals surface area contributed by atoms with Gasteiger partial charge in [-0.1, -0.05) is 16.9 Å². The van der Waals surface area contributed by atoms with Crippen molar-refractivity contribution in [3.8, 4) is 0 Å². The highest BCUT2D eigenvalue weighted by molar-refractivity contribution is 7.99. The van der Waals surface area contributed by atoms with Gasteiger partial charge in [0.25, 0.3) is 0 Å². The number of nitrogens with zero attached hydrogens (tertiary/aromatic N) is 3. The van der Waals surface area contributed by atoms with Gasteiger partial charge in [-0.3, -0.25) is 4.79 Å². The van der Waals surface area contributed by atoms with E-state index in [1.165, 1.54) is 11.8 Å². The fourth-order valence-corrected chi connectivity index (χ4v) is 2.81. The number of aromatic nitrogens is 3. The minimum Gasteiger partial charge on any atom is -0.481 e. The number of aryl methyl sites for hydroxylation is 2. The number of aliphatic carboxylic acids is 1. The quantitative estimate of drug-likeness (QED) is 0.847. The average Bonchev–Trinajstić information content (AvgIpc) is 2.93. The van der Waals surface area contributed by atoms with Crippen molar-refractivity contribution < 1.29 is 14.4 Å². The van der Waals surface area contributed by atoms with Gasteiger partial charge in [-0.15, -0.1) is 0 Å². The monoisotopic (exact) mass is 281 g/mol. The van der Waals surface area contributed by atoms with Crippen LogP contribution in [-0.2, 0) is 4.79 Å². The molecule has 6 nitrogen and oxygen atoms in total. The van der Waals surface area contributed by atoms with Crippen LogP contribution < -0.4 is 0 Å². The summed E-state index contributed by atoms with van der Waals surface area (Å²) in [5.41, 5.74) is 1.85. The normalized spacial score (nSPS) is 12.6. The molecule has 0 aliphatic carbocycles. The number of hydrogen-bond donors (Lipinski definition) is 1. The van der Waals surface area contributed by atoms with Crippen molar-refractivity contribution in [1.29, 1.82) is 0 Å². The zero-order valence-corrected chi connectivity index (χ0v) is 11.8. The molecule has 1 atom stereocenters. The Hall–Kier alpha value is -1.76. The molecule has 2 aromatic rings. The van der Waals surface area contributed by atoms with Crippen LogP contribution >= 0.6 is 11.8 Å². The summed E-state index contributed by atoms with van der Waals surface area (Å²) in [4.78, 5) is 14.8. The Morgan fingerprint density at radius 3 is 2.89 bits per heavy atom. The van der Waals surface area contributed by atoms with Crippen LogP contribution in [0.5, 0.6) is 0 Å². The second kappa shape index (κ2) is 5.48. The number of rotatable bonds is 5. The van der Waals surface area contributed by atoms with Crippen molar-refractivity contribution in [3.05, 3.63) is 29.4 Å². The summed E-state index contributed by atoms with van der Waals surface area (Å²) in [6.45, 7) is 5.77. The Balaban J connectivity index is 2.27. The number of carboxylic acids is 1.